The molecule has 1 N–H and O–H groups in total. The highest BCUT2D eigenvalue weighted by molar-refractivity contribution is 6.44. The zero-order valence-electron chi connectivity index (χ0n) is 8.95. The van der Waals surface area contributed by atoms with E-state index in [0.29, 0.717) is 0 Å². The van der Waals surface area contributed by atoms with Crippen LogP contribution in [0.4, 0.5) is 4.39 Å². The van der Waals surface area contributed by atoms with Gasteiger partial charge in [0.1, 0.15) is 22.5 Å². The van der Waals surface area contributed by atoms with E-state index in [9.17, 15) is 9.50 Å². The zero-order valence-corrected chi connectivity index (χ0v) is 10.5. The summed E-state index contributed by atoms with van der Waals surface area (Å²) in [6.07, 6.45) is -1.44. The third-order valence-corrected chi connectivity index (χ3v) is 2.39. The maximum Gasteiger partial charge on any atom is 0.138 e. The Hall–Kier alpha value is -0.510. The molecule has 5 heteroatoms. The van der Waals surface area contributed by atoms with E-state index in [1.54, 1.807) is 19.9 Å². The highest BCUT2D eigenvalue weighted by atomic mass is 35.5. The molecule has 1 aromatic rings. The number of aliphatic hydroxyl groups is 1. The van der Waals surface area contributed by atoms with Crippen LogP contribution in [0.1, 0.15) is 25.5 Å². The minimum atomic E-state index is -1.31. The van der Waals surface area contributed by atoms with Gasteiger partial charge in [-0.3, -0.25) is 0 Å². The fourth-order valence-corrected chi connectivity index (χ4v) is 1.54. The summed E-state index contributed by atoms with van der Waals surface area (Å²) in [5, 5.41) is 9.69. The maximum atomic E-state index is 13.6. The predicted molar refractivity (Wildman–Crippen MR) is 62.6 cm³/mol. The van der Waals surface area contributed by atoms with Gasteiger partial charge in [0.05, 0.1) is 11.7 Å². The van der Waals surface area contributed by atoms with Crippen molar-refractivity contribution in [1.29, 1.82) is 0 Å². The Morgan fingerprint density at radius 3 is 2.44 bits per heavy atom. The van der Waals surface area contributed by atoms with Crippen LogP contribution in [0.3, 0.4) is 0 Å². The second-order valence-corrected chi connectivity index (χ2v) is 4.76. The smallest absolute Gasteiger partial charge is 0.138 e. The molecule has 16 heavy (non-hydrogen) atoms. The van der Waals surface area contributed by atoms with Gasteiger partial charge in [-0.1, -0.05) is 6.07 Å². The predicted octanol–water partition coefficient (Wildman–Crippen LogP) is 3.45. The summed E-state index contributed by atoms with van der Waals surface area (Å²) < 4.78 is 18.9. The molecule has 90 valence electrons. The van der Waals surface area contributed by atoms with Gasteiger partial charge < -0.3 is 9.84 Å². The summed E-state index contributed by atoms with van der Waals surface area (Å²) in [6, 6.07) is 4.29. The number of rotatable bonds is 4. The van der Waals surface area contributed by atoms with E-state index in [-0.39, 0.29) is 17.4 Å². The third kappa shape index (κ3) is 3.24. The van der Waals surface area contributed by atoms with E-state index in [0.717, 1.165) is 0 Å². The van der Waals surface area contributed by atoms with Crippen LogP contribution < -0.4 is 4.74 Å². The lowest BCUT2D eigenvalue weighted by molar-refractivity contribution is 0.172. The van der Waals surface area contributed by atoms with Gasteiger partial charge in [-0.2, -0.15) is 0 Å². The van der Waals surface area contributed by atoms with E-state index in [2.05, 4.69) is 0 Å². The van der Waals surface area contributed by atoms with Crippen molar-refractivity contribution in [3.63, 3.8) is 0 Å². The number of ether oxygens (including phenoxy) is 1. The van der Waals surface area contributed by atoms with Crippen molar-refractivity contribution in [2.24, 2.45) is 0 Å². The first-order valence-corrected chi connectivity index (χ1v) is 5.72. The van der Waals surface area contributed by atoms with Crippen molar-refractivity contribution < 1.29 is 14.2 Å². The number of hydrogen-bond donors (Lipinski definition) is 1. The van der Waals surface area contributed by atoms with Gasteiger partial charge in [0.25, 0.3) is 0 Å². The molecular weight excluding hydrogens is 254 g/mol. The number of benzene rings is 1. The Morgan fingerprint density at radius 2 is 1.94 bits per heavy atom. The number of halogens is 3. The third-order valence-electron chi connectivity index (χ3n) is 1.91. The average molecular weight is 267 g/mol. The molecule has 0 saturated heterocycles. The lowest BCUT2D eigenvalue weighted by Gasteiger charge is -2.19. The van der Waals surface area contributed by atoms with E-state index in [1.807, 2.05) is 0 Å². The van der Waals surface area contributed by atoms with Crippen LogP contribution in [0, 0.1) is 5.82 Å². The number of alkyl halides is 2. The summed E-state index contributed by atoms with van der Waals surface area (Å²) >= 11 is 11.1. The molecule has 0 radical (unpaired) electrons. The van der Waals surface area contributed by atoms with Crippen molar-refractivity contribution in [2.45, 2.75) is 30.9 Å². The first-order valence-electron chi connectivity index (χ1n) is 4.84. The van der Waals surface area contributed by atoms with Crippen LogP contribution in [0.25, 0.3) is 0 Å². The molecule has 0 saturated carbocycles. The van der Waals surface area contributed by atoms with Crippen molar-refractivity contribution in [3.05, 3.63) is 29.6 Å². The minimum absolute atomic E-state index is 0.00815. The zero-order chi connectivity index (χ0) is 12.3. The monoisotopic (exact) mass is 266 g/mol. The first kappa shape index (κ1) is 13.6. The molecule has 1 rings (SSSR count). The Bertz CT molecular complexity index is 356. The van der Waals surface area contributed by atoms with E-state index in [1.165, 1.54) is 12.1 Å². The van der Waals surface area contributed by atoms with Crippen molar-refractivity contribution >= 4 is 23.2 Å². The maximum absolute atomic E-state index is 13.6. The molecule has 1 atom stereocenters. The normalized spacial score (nSPS) is 13.2. The molecule has 0 aliphatic carbocycles. The standard InChI is InChI=1S/C11H13Cl2FO2/c1-6(2)16-8-5-3-4-7(14)9(8)10(15)11(12)13/h3-6,10-11,15H,1-2H3. The summed E-state index contributed by atoms with van der Waals surface area (Å²) in [5.74, 6) is -0.328. The van der Waals surface area contributed by atoms with Crippen LogP contribution >= 0.6 is 23.2 Å². The van der Waals surface area contributed by atoms with Crippen molar-refractivity contribution in [3.8, 4) is 5.75 Å². The summed E-state index contributed by atoms with van der Waals surface area (Å²) in [6.45, 7) is 3.61. The van der Waals surface area contributed by atoms with Crippen LogP contribution in [0.2, 0.25) is 0 Å². The van der Waals surface area contributed by atoms with Crippen LogP contribution in [0.5, 0.6) is 5.75 Å². The van der Waals surface area contributed by atoms with Crippen LogP contribution in [-0.4, -0.2) is 16.0 Å². The molecular formula is C11H13Cl2FO2. The quantitative estimate of drug-likeness (QED) is 0.846. The SMILES string of the molecule is CC(C)Oc1cccc(F)c1C(O)C(Cl)Cl. The second-order valence-electron chi connectivity index (χ2n) is 3.60. The van der Waals surface area contributed by atoms with Gasteiger partial charge >= 0.3 is 0 Å². The second kappa shape index (κ2) is 5.71. The Balaban J connectivity index is 3.12. The minimum Gasteiger partial charge on any atom is -0.491 e. The molecule has 0 heterocycles. The Labute approximate surface area is 104 Å². The molecule has 0 spiro atoms. The topological polar surface area (TPSA) is 29.5 Å². The lowest BCUT2D eigenvalue weighted by Crippen LogP contribution is -2.14. The highest BCUT2D eigenvalue weighted by Crippen LogP contribution is 2.33. The van der Waals surface area contributed by atoms with Gasteiger partial charge in [-0.05, 0) is 26.0 Å². The number of hydrogen-bond acceptors (Lipinski definition) is 2. The van der Waals surface area contributed by atoms with E-state index < -0.39 is 16.8 Å². The first-order chi connectivity index (χ1) is 7.43. The van der Waals surface area contributed by atoms with Crippen LogP contribution in [-0.2, 0) is 0 Å². The number of aliphatic hydroxyl groups excluding tert-OH is 1. The van der Waals surface area contributed by atoms with Gasteiger partial charge in [-0.15, -0.1) is 23.2 Å². The average Bonchev–Trinajstić information content (AvgIpc) is 2.16. The molecule has 1 unspecified atom stereocenters. The van der Waals surface area contributed by atoms with E-state index >= 15 is 0 Å². The van der Waals surface area contributed by atoms with Crippen LogP contribution in [0.15, 0.2) is 18.2 Å². The van der Waals surface area contributed by atoms with Crippen molar-refractivity contribution in [2.75, 3.05) is 0 Å². The highest BCUT2D eigenvalue weighted by Gasteiger charge is 2.24. The fourth-order valence-electron chi connectivity index (χ4n) is 1.29. The summed E-state index contributed by atoms with van der Waals surface area (Å²) in [4.78, 5) is -1.11. The summed E-state index contributed by atoms with van der Waals surface area (Å²) in [7, 11) is 0. The molecule has 0 aromatic heterocycles. The largest absolute Gasteiger partial charge is 0.491 e. The molecule has 0 amide bonds. The van der Waals surface area contributed by atoms with Crippen molar-refractivity contribution in [1.82, 2.24) is 0 Å². The molecule has 0 bridgehead atoms. The molecule has 1 aromatic carbocycles. The van der Waals surface area contributed by atoms with Gasteiger partial charge in [0.2, 0.25) is 0 Å². The Morgan fingerprint density at radius 1 is 1.31 bits per heavy atom. The molecule has 2 nitrogen and oxygen atoms in total. The van der Waals surface area contributed by atoms with Gasteiger partial charge in [0, 0.05) is 0 Å². The lowest BCUT2D eigenvalue weighted by atomic mass is 10.1. The van der Waals surface area contributed by atoms with Gasteiger partial charge in [-0.25, -0.2) is 4.39 Å². The molecule has 0 aliphatic heterocycles. The van der Waals surface area contributed by atoms with E-state index in [4.69, 9.17) is 27.9 Å². The Kier molecular flexibility index (Phi) is 4.84. The summed E-state index contributed by atoms with van der Waals surface area (Å²) in [5.41, 5.74) is -0.00815. The fraction of sp³-hybridized carbons (Fsp3) is 0.455. The molecule has 0 aliphatic rings. The molecule has 0 fully saturated rings. The van der Waals surface area contributed by atoms with Gasteiger partial charge in [0.15, 0.2) is 0 Å².